The molecule has 1 fully saturated rings. The molecule has 0 bridgehead atoms. The number of ether oxygens (including phenoxy) is 1. The number of anilines is 1. The van der Waals surface area contributed by atoms with Gasteiger partial charge in [-0.05, 0) is 49.9 Å². The molecule has 0 aliphatic carbocycles. The standard InChI is InChI=1S/C15H22N2OS/c1-11-9-12(6-7-14(11)15(16)19)17(2)10-13-5-3-4-8-18-13/h6-7,9,13H,3-5,8,10H2,1-2H3,(H2,16,19). The van der Waals surface area contributed by atoms with Crippen molar-refractivity contribution in [1.82, 2.24) is 0 Å². The molecule has 0 radical (unpaired) electrons. The minimum atomic E-state index is 0.356. The van der Waals surface area contributed by atoms with Crippen LogP contribution in [0, 0.1) is 6.92 Å². The molecule has 4 heteroatoms. The van der Waals surface area contributed by atoms with E-state index in [-0.39, 0.29) is 0 Å². The summed E-state index contributed by atoms with van der Waals surface area (Å²) in [5.41, 5.74) is 8.96. The highest BCUT2D eigenvalue weighted by Crippen LogP contribution is 2.21. The van der Waals surface area contributed by atoms with E-state index in [2.05, 4.69) is 24.1 Å². The first-order chi connectivity index (χ1) is 9.08. The van der Waals surface area contributed by atoms with E-state index in [1.54, 1.807) is 0 Å². The number of aryl methyl sites for hydroxylation is 1. The minimum absolute atomic E-state index is 0.356. The first-order valence-corrected chi connectivity index (χ1v) is 7.22. The van der Waals surface area contributed by atoms with Gasteiger partial charge in [-0.1, -0.05) is 12.2 Å². The van der Waals surface area contributed by atoms with E-state index in [1.807, 2.05) is 13.0 Å². The van der Waals surface area contributed by atoms with Crippen LogP contribution in [0.1, 0.15) is 30.4 Å². The van der Waals surface area contributed by atoms with Crippen LogP contribution in [-0.4, -0.2) is 31.3 Å². The van der Waals surface area contributed by atoms with Crippen LogP contribution >= 0.6 is 12.2 Å². The van der Waals surface area contributed by atoms with Gasteiger partial charge in [-0.15, -0.1) is 0 Å². The quantitative estimate of drug-likeness (QED) is 0.859. The van der Waals surface area contributed by atoms with E-state index < -0.39 is 0 Å². The average Bonchev–Trinajstić information content (AvgIpc) is 2.39. The van der Waals surface area contributed by atoms with Crippen molar-refractivity contribution < 1.29 is 4.74 Å². The Morgan fingerprint density at radius 2 is 2.26 bits per heavy atom. The predicted octanol–water partition coefficient (Wildman–Crippen LogP) is 2.63. The van der Waals surface area contributed by atoms with E-state index in [9.17, 15) is 0 Å². The van der Waals surface area contributed by atoms with Crippen molar-refractivity contribution in [3.05, 3.63) is 29.3 Å². The molecule has 1 aromatic carbocycles. The normalized spacial score (nSPS) is 19.2. The molecule has 1 atom stereocenters. The summed E-state index contributed by atoms with van der Waals surface area (Å²) in [6.07, 6.45) is 3.99. The lowest BCUT2D eigenvalue weighted by Crippen LogP contribution is -2.33. The summed E-state index contributed by atoms with van der Waals surface area (Å²) in [6, 6.07) is 6.22. The van der Waals surface area contributed by atoms with Gasteiger partial charge in [0.25, 0.3) is 0 Å². The second-order valence-electron chi connectivity index (χ2n) is 5.23. The number of nitrogens with two attached hydrogens (primary N) is 1. The summed E-state index contributed by atoms with van der Waals surface area (Å²) >= 11 is 5.03. The van der Waals surface area contributed by atoms with Crippen LogP contribution in [0.5, 0.6) is 0 Å². The molecule has 0 saturated carbocycles. The van der Waals surface area contributed by atoms with Gasteiger partial charge in [0.05, 0.1) is 6.10 Å². The van der Waals surface area contributed by atoms with Crippen molar-refractivity contribution in [2.24, 2.45) is 5.73 Å². The fourth-order valence-electron chi connectivity index (χ4n) is 2.52. The largest absolute Gasteiger partial charge is 0.389 e. The number of likely N-dealkylation sites (N-methyl/N-ethyl adjacent to an activating group) is 1. The second kappa shape index (κ2) is 6.35. The maximum atomic E-state index is 5.78. The summed E-state index contributed by atoms with van der Waals surface area (Å²) < 4.78 is 5.78. The van der Waals surface area contributed by atoms with Gasteiger partial charge < -0.3 is 15.4 Å². The molecule has 1 aliphatic rings. The number of hydrogen-bond acceptors (Lipinski definition) is 3. The maximum absolute atomic E-state index is 5.78. The SMILES string of the molecule is Cc1cc(N(C)CC2CCCCO2)ccc1C(N)=S. The van der Waals surface area contributed by atoms with Crippen LogP contribution in [0.4, 0.5) is 5.69 Å². The van der Waals surface area contributed by atoms with E-state index in [1.165, 1.54) is 18.5 Å². The summed E-state index contributed by atoms with van der Waals surface area (Å²) in [5.74, 6) is 0. The number of hydrogen-bond donors (Lipinski definition) is 1. The number of nitrogens with zero attached hydrogens (tertiary/aromatic N) is 1. The van der Waals surface area contributed by atoms with E-state index >= 15 is 0 Å². The predicted molar refractivity (Wildman–Crippen MR) is 83.9 cm³/mol. The maximum Gasteiger partial charge on any atom is 0.104 e. The molecule has 0 amide bonds. The van der Waals surface area contributed by atoms with Crippen molar-refractivity contribution in [1.29, 1.82) is 0 Å². The van der Waals surface area contributed by atoms with Crippen molar-refractivity contribution in [2.75, 3.05) is 25.1 Å². The van der Waals surface area contributed by atoms with Crippen LogP contribution in [-0.2, 0) is 4.74 Å². The number of rotatable bonds is 4. The molecule has 0 spiro atoms. The Bertz CT molecular complexity index is 455. The first-order valence-electron chi connectivity index (χ1n) is 6.81. The van der Waals surface area contributed by atoms with E-state index in [0.717, 1.165) is 30.7 Å². The Morgan fingerprint density at radius 3 is 2.84 bits per heavy atom. The molecule has 19 heavy (non-hydrogen) atoms. The zero-order chi connectivity index (χ0) is 13.8. The van der Waals surface area contributed by atoms with Crippen LogP contribution in [0.3, 0.4) is 0 Å². The van der Waals surface area contributed by atoms with Gasteiger partial charge in [-0.2, -0.15) is 0 Å². The third-order valence-electron chi connectivity index (χ3n) is 3.67. The molecule has 1 aromatic rings. The summed E-state index contributed by atoms with van der Waals surface area (Å²) in [5, 5.41) is 0. The van der Waals surface area contributed by atoms with Crippen molar-refractivity contribution in [3.63, 3.8) is 0 Å². The van der Waals surface area contributed by atoms with Crippen LogP contribution in [0.2, 0.25) is 0 Å². The molecular weight excluding hydrogens is 256 g/mol. The lowest BCUT2D eigenvalue weighted by Gasteiger charge is -2.29. The molecule has 1 unspecified atom stereocenters. The monoisotopic (exact) mass is 278 g/mol. The molecule has 1 heterocycles. The molecular formula is C15H22N2OS. The topological polar surface area (TPSA) is 38.5 Å². The fraction of sp³-hybridized carbons (Fsp3) is 0.533. The van der Waals surface area contributed by atoms with Crippen molar-refractivity contribution in [2.45, 2.75) is 32.3 Å². The third-order valence-corrected chi connectivity index (χ3v) is 3.89. The molecule has 3 nitrogen and oxygen atoms in total. The summed E-state index contributed by atoms with van der Waals surface area (Å²) in [6.45, 7) is 3.88. The van der Waals surface area contributed by atoms with Gasteiger partial charge in [-0.3, -0.25) is 0 Å². The minimum Gasteiger partial charge on any atom is -0.389 e. The smallest absolute Gasteiger partial charge is 0.104 e. The summed E-state index contributed by atoms with van der Waals surface area (Å²) in [4.78, 5) is 2.70. The van der Waals surface area contributed by atoms with Gasteiger partial charge in [0.2, 0.25) is 0 Å². The van der Waals surface area contributed by atoms with Gasteiger partial charge in [0.1, 0.15) is 4.99 Å². The number of benzene rings is 1. The zero-order valence-corrected chi connectivity index (χ0v) is 12.5. The molecule has 1 aliphatic heterocycles. The fourth-order valence-corrected chi connectivity index (χ4v) is 2.75. The van der Waals surface area contributed by atoms with Gasteiger partial charge in [-0.25, -0.2) is 0 Å². The third kappa shape index (κ3) is 3.67. The zero-order valence-electron chi connectivity index (χ0n) is 11.7. The van der Waals surface area contributed by atoms with E-state index in [4.69, 9.17) is 22.7 Å². The van der Waals surface area contributed by atoms with Crippen molar-refractivity contribution >= 4 is 22.9 Å². The molecule has 0 aromatic heterocycles. The van der Waals surface area contributed by atoms with Crippen LogP contribution < -0.4 is 10.6 Å². The lowest BCUT2D eigenvalue weighted by atomic mass is 10.1. The first kappa shape index (κ1) is 14.3. The molecule has 2 rings (SSSR count). The van der Waals surface area contributed by atoms with Crippen LogP contribution in [0.15, 0.2) is 18.2 Å². The Balaban J connectivity index is 2.04. The molecule has 1 saturated heterocycles. The van der Waals surface area contributed by atoms with Gasteiger partial charge in [0.15, 0.2) is 0 Å². The van der Waals surface area contributed by atoms with Gasteiger partial charge in [0, 0.05) is 31.5 Å². The second-order valence-corrected chi connectivity index (χ2v) is 5.67. The Hall–Kier alpha value is -1.13. The average molecular weight is 278 g/mol. The lowest BCUT2D eigenvalue weighted by molar-refractivity contribution is 0.0216. The Kier molecular flexibility index (Phi) is 4.77. The molecule has 104 valence electrons. The number of thiocarbonyl (C=S) groups is 1. The molecule has 2 N–H and O–H groups in total. The Labute approximate surface area is 120 Å². The Morgan fingerprint density at radius 1 is 1.47 bits per heavy atom. The van der Waals surface area contributed by atoms with Crippen LogP contribution in [0.25, 0.3) is 0 Å². The van der Waals surface area contributed by atoms with Gasteiger partial charge >= 0.3 is 0 Å². The highest BCUT2D eigenvalue weighted by atomic mass is 32.1. The highest BCUT2D eigenvalue weighted by Gasteiger charge is 2.16. The van der Waals surface area contributed by atoms with E-state index in [0.29, 0.717) is 11.1 Å². The summed E-state index contributed by atoms with van der Waals surface area (Å²) in [7, 11) is 2.10. The highest BCUT2D eigenvalue weighted by molar-refractivity contribution is 7.80. The van der Waals surface area contributed by atoms with Crippen molar-refractivity contribution in [3.8, 4) is 0 Å².